The second-order valence-corrected chi connectivity index (χ2v) is 25.4. The number of alkyl halides is 3. The lowest BCUT2D eigenvalue weighted by molar-refractivity contribution is -0.605. The zero-order valence-electron chi connectivity index (χ0n) is 61.8. The molecule has 10 aromatic rings. The minimum atomic E-state index is -4.59. The molecule has 1 saturated heterocycles. The van der Waals surface area contributed by atoms with E-state index in [0.717, 1.165) is 89.3 Å². The first-order valence-electron chi connectivity index (χ1n) is 33.2. The van der Waals surface area contributed by atoms with Gasteiger partial charge in [0, 0.05) is 49.9 Å². The standard InChI is InChI=1S/C20H18N4OS.C13H15N.C8H5N3S.C7H4F3N3.C7H5N3O2.C7H6N2.C7H9N.C6H7NO.C6H7N.7CH4.B/c1-13-5-7-15(8-6-13)24-19(26)23(18(25)20(24)9-4-10-20)16-11-14(2)17(21-3)22-12-16;1-11-3-5-12(6-4-11)9-13(10-14)7-2-8-13;1-6-3-7(11-5-12)4-10-8(6)9-2;8-7(9,10)5-1-4(12)3-13-6(5)2-11;1-5-3-6(10(11)12)4-9-7(5)8-2;1-6-4-3-5-9-7(6)8-2;1-6-2-4-7(8)5-3-6;1-6-3-2-4-7(8)5-6;1-6-3-2-4-7-5-6;;;;;;;;/h5-8,11-12H,4,9-10H2,1-2H3;3-6H,2,7-9H2,1H3;3-4H,1H3;1,3H,12H2;3-4H,1H3;3-5H,1H3;2-5H,8H2,1H3;2-5H,1H3;2-5H,1H3;7*1H4;. The van der Waals surface area contributed by atoms with Crippen molar-refractivity contribution in [1.82, 2.24) is 29.9 Å². The molecule has 3 aliphatic rings. The normalized spacial score (nSPS) is 11.6. The highest BCUT2D eigenvalue weighted by molar-refractivity contribution is 7.81. The molecular weight excluding hydrogens is 1520 g/mol. The van der Waals surface area contributed by atoms with Crippen LogP contribution in [0.15, 0.2) is 194 Å². The van der Waals surface area contributed by atoms with Crippen LogP contribution >= 0.6 is 24.4 Å². The van der Waals surface area contributed by atoms with E-state index in [0.29, 0.717) is 45.6 Å². The lowest BCUT2D eigenvalue weighted by Gasteiger charge is -2.43. The summed E-state index contributed by atoms with van der Waals surface area (Å²) in [4.78, 5) is 66.0. The van der Waals surface area contributed by atoms with Crippen molar-refractivity contribution < 1.29 is 27.6 Å². The van der Waals surface area contributed by atoms with Crippen LogP contribution < -0.4 is 26.0 Å². The molecule has 7 aromatic heterocycles. The van der Waals surface area contributed by atoms with Gasteiger partial charge in [-0.15, -0.1) is 19.9 Å². The lowest BCUT2D eigenvalue weighted by Crippen LogP contribution is -2.55. The molecule has 8 heterocycles. The maximum absolute atomic E-state index is 13.3. The Morgan fingerprint density at radius 3 is 1.48 bits per heavy atom. The van der Waals surface area contributed by atoms with E-state index in [1.165, 1.54) is 65.0 Å². The van der Waals surface area contributed by atoms with Gasteiger partial charge in [0.1, 0.15) is 35.9 Å². The first-order chi connectivity index (χ1) is 51.9. The van der Waals surface area contributed by atoms with Crippen molar-refractivity contribution in [2.45, 2.75) is 171 Å². The fraction of sp³-hybridized carbons (Fsp3) is 0.295. The van der Waals surface area contributed by atoms with Gasteiger partial charge in [-0.1, -0.05) is 162 Å². The van der Waals surface area contributed by atoms with E-state index in [2.05, 4.69) is 109 Å². The first-order valence-corrected chi connectivity index (χ1v) is 34.1. The molecule has 1 amide bonds. The predicted octanol–water partition coefficient (Wildman–Crippen LogP) is 23.2. The zero-order chi connectivity index (χ0) is 80.4. The number of aliphatic imine (C=N–C) groups is 1. The summed E-state index contributed by atoms with van der Waals surface area (Å²) < 4.78 is 37.3. The Morgan fingerprint density at radius 2 is 1.09 bits per heavy atom. The zero-order valence-corrected chi connectivity index (χ0v) is 63.4. The number of aromatic nitrogens is 7. The summed E-state index contributed by atoms with van der Waals surface area (Å²) in [5.41, 5.74) is 21.2. The number of carbonyl (C=O) groups excluding carboxylic acids is 1. The number of rotatable bonds is 6. The van der Waals surface area contributed by atoms with Crippen molar-refractivity contribution in [3.8, 4) is 12.1 Å². The summed E-state index contributed by atoms with van der Waals surface area (Å²) in [6, 6.07) is 45.1. The number of amides is 1. The molecule has 3 fully saturated rings. The molecule has 3 aromatic carbocycles. The van der Waals surface area contributed by atoms with Crippen molar-refractivity contribution in [1.29, 1.82) is 10.5 Å². The number of nitriles is 2. The van der Waals surface area contributed by atoms with Crippen molar-refractivity contribution >= 4 is 106 Å². The third-order valence-corrected chi connectivity index (χ3v) is 16.8. The van der Waals surface area contributed by atoms with E-state index in [9.17, 15) is 33.3 Å². The van der Waals surface area contributed by atoms with Gasteiger partial charge in [0.2, 0.25) is 0 Å². The molecule has 3 radical (unpaired) electrons. The van der Waals surface area contributed by atoms with Gasteiger partial charge in [0.25, 0.3) is 29.2 Å². The van der Waals surface area contributed by atoms with Crippen LogP contribution in [0, 0.1) is 132 Å². The Morgan fingerprint density at radius 1 is 0.598 bits per heavy atom. The molecule has 0 unspecified atom stereocenters. The molecule has 29 heteroatoms. The van der Waals surface area contributed by atoms with Crippen molar-refractivity contribution in [3.63, 3.8) is 0 Å². The summed E-state index contributed by atoms with van der Waals surface area (Å²) in [5.74, 6) is 1.46. The number of anilines is 4. The van der Waals surface area contributed by atoms with Gasteiger partial charge in [0.15, 0.2) is 29.4 Å². The van der Waals surface area contributed by atoms with E-state index < -0.39 is 27.9 Å². The molecular formula is C88H104BF3N19O4S2. The number of nitrogen functional groups attached to an aromatic ring is 2. The highest BCUT2D eigenvalue weighted by atomic mass is 32.1. The number of aryl methyl sites for hydroxylation is 9. The number of nitro groups is 1. The predicted molar refractivity (Wildman–Crippen MR) is 475 cm³/mol. The Bertz CT molecular complexity index is 5020. The van der Waals surface area contributed by atoms with Gasteiger partial charge < -0.3 is 41.0 Å². The van der Waals surface area contributed by atoms with Crippen LogP contribution in [-0.2, 0) is 17.4 Å². The highest BCUT2D eigenvalue weighted by Crippen LogP contribution is 2.48. The number of hydrogen-bond acceptors (Lipinski definition) is 17. The van der Waals surface area contributed by atoms with E-state index in [-0.39, 0.29) is 88.9 Å². The molecule has 23 nitrogen and oxygen atoms in total. The average molecular weight is 1620 g/mol. The van der Waals surface area contributed by atoms with Crippen molar-refractivity contribution in [3.05, 3.63) is 317 Å². The second kappa shape index (κ2) is 53.5. The van der Waals surface area contributed by atoms with Crippen LogP contribution in [-0.4, -0.2) is 65.0 Å². The largest absolute Gasteiger partial charge is 0.619 e. The SMILES string of the molecule is C.C.C.C.C.C.C.Cc1ccc(CC2(C#N)CCC2)cc1.Cc1ccc(N)cc1.Cc1ccc[n+]([O-])c1.Cc1cccnc1.N#Cc1ncc(N)cc1C(F)(F)F.[B].[C-]#[N+]c1ncc(N2C(=O)C3(CCC3)N(c3ccc(C)cc3)C2=S)cc1C.[C-]#[N+]c1ncc(N=C=S)cc1C.[C-]#[N+]c1ncc([N+](=O)[O-])cc1C.[C-]#[N+]c1ncccc1C. The fourth-order valence-electron chi connectivity index (χ4n) is 10.2. The van der Waals surface area contributed by atoms with E-state index >= 15 is 0 Å². The number of nitrogens with two attached hydrogens (primary N) is 2. The Hall–Kier alpha value is -13.5. The lowest BCUT2D eigenvalue weighted by atomic mass is 9.66. The van der Waals surface area contributed by atoms with E-state index in [1.807, 2.05) is 144 Å². The van der Waals surface area contributed by atoms with Gasteiger partial charge in [0.05, 0.1) is 44.7 Å². The summed E-state index contributed by atoms with van der Waals surface area (Å²) in [6.07, 6.45) is 15.7. The summed E-state index contributed by atoms with van der Waals surface area (Å²) >= 11 is 10.2. The van der Waals surface area contributed by atoms with Crippen LogP contribution in [0.1, 0.15) is 157 Å². The number of isothiocyanates is 1. The maximum atomic E-state index is 13.3. The third kappa shape index (κ3) is 33.2. The molecule has 4 N–H and O–H groups in total. The fourth-order valence-corrected chi connectivity index (χ4v) is 10.8. The van der Waals surface area contributed by atoms with Crippen LogP contribution in [0.2, 0.25) is 0 Å². The smallest absolute Gasteiger partial charge is 0.419 e. The van der Waals surface area contributed by atoms with E-state index in [4.69, 9.17) is 60.5 Å². The molecule has 2 aliphatic carbocycles. The third-order valence-electron chi connectivity index (χ3n) is 16.4. The molecule has 2 saturated carbocycles. The number of thiocarbonyl (C=S) groups is 2. The average Bonchev–Trinajstić information content (AvgIpc) is 1.56. The van der Waals surface area contributed by atoms with Crippen molar-refractivity contribution in [2.24, 2.45) is 10.4 Å². The van der Waals surface area contributed by atoms with Crippen molar-refractivity contribution in [2.75, 3.05) is 21.3 Å². The van der Waals surface area contributed by atoms with E-state index in [1.54, 1.807) is 42.5 Å². The van der Waals surface area contributed by atoms with Crippen LogP contribution in [0.25, 0.3) is 19.4 Å². The monoisotopic (exact) mass is 1620 g/mol. The topological polar surface area (TPSA) is 300 Å². The number of pyridine rings is 7. The van der Waals surface area contributed by atoms with Crippen LogP contribution in [0.5, 0.6) is 0 Å². The second-order valence-electron chi connectivity index (χ2n) is 24.9. The Kier molecular flexibility index (Phi) is 50.2. The molecule has 117 heavy (non-hydrogen) atoms. The maximum Gasteiger partial charge on any atom is 0.419 e. The first kappa shape index (κ1) is 110. The quantitative estimate of drug-likeness (QED) is 0.0180. The molecule has 1 spiro atoms. The molecule has 13 rings (SSSR count). The number of benzene rings is 3. The van der Waals surface area contributed by atoms with Crippen LogP contribution in [0.3, 0.4) is 0 Å². The van der Waals surface area contributed by atoms with Crippen LogP contribution in [0.4, 0.5) is 70.6 Å². The molecule has 0 atom stereocenters. The Balaban J connectivity index is -0.000000628. The number of carbonyl (C=O) groups is 1. The number of halogens is 3. The highest BCUT2D eigenvalue weighted by Gasteiger charge is 2.59. The van der Waals surface area contributed by atoms with Gasteiger partial charge in [-0.3, -0.25) is 24.8 Å². The Labute approximate surface area is 702 Å². The molecule has 611 valence electrons. The minimum Gasteiger partial charge on any atom is -0.619 e. The minimum absolute atomic E-state index is 0. The summed E-state index contributed by atoms with van der Waals surface area (Å²) in [5, 5.41) is 40.8. The summed E-state index contributed by atoms with van der Waals surface area (Å²) in [7, 11) is 0. The van der Waals surface area contributed by atoms with Gasteiger partial charge in [-0.2, -0.15) is 33.4 Å². The molecule has 0 bridgehead atoms. The molecule has 1 aliphatic heterocycles. The van der Waals surface area contributed by atoms with Gasteiger partial charge in [-0.25, -0.2) is 4.98 Å². The number of hydrogen-bond donors (Lipinski definition) is 2. The number of nitrogens with zero attached hydrogens (tertiary/aromatic N) is 17. The van der Waals surface area contributed by atoms with Gasteiger partial charge in [-0.05, 0) is 219 Å². The summed E-state index contributed by atoms with van der Waals surface area (Å²) in [6.45, 7) is 44.4. The van der Waals surface area contributed by atoms with Gasteiger partial charge >= 0.3 is 11.9 Å².